The van der Waals surface area contributed by atoms with E-state index in [0.717, 1.165) is 27.5 Å². The number of imidazole rings is 1. The van der Waals surface area contributed by atoms with Gasteiger partial charge in [0, 0.05) is 47.2 Å². The lowest BCUT2D eigenvalue weighted by Crippen LogP contribution is -2.44. The maximum atomic E-state index is 14.0. The second-order valence-electron chi connectivity index (χ2n) is 10.1. The molecule has 202 valence electrons. The number of carbonyl (C=O) groups is 1. The summed E-state index contributed by atoms with van der Waals surface area (Å²) in [7, 11) is 1.55. The molecule has 1 saturated heterocycles. The first-order chi connectivity index (χ1) is 19.4. The van der Waals surface area contributed by atoms with Crippen LogP contribution in [0.5, 0.6) is 0 Å². The van der Waals surface area contributed by atoms with Crippen LogP contribution < -0.4 is 21.9 Å². The predicted molar refractivity (Wildman–Crippen MR) is 155 cm³/mol. The molecule has 2 aromatic carbocycles. The fourth-order valence-corrected chi connectivity index (χ4v) is 6.41. The molecular formula is C29H27N7O3S. The monoisotopic (exact) mass is 553 g/mol. The number of carbonyl (C=O) groups excluding carboxylic acids is 1. The largest absolute Gasteiger partial charge is 0.341 e. The number of fused-ring (bicyclic) bond motifs is 2. The molecule has 0 saturated carbocycles. The third-order valence-electron chi connectivity index (χ3n) is 7.50. The standard InChI is InChI=1S/C29H27N7O3S/c1-33-26-25(27(38)36(29(33)39)16-23(37)22-17-40-24-11-5-4-10-21(22)24)35(14-19-8-3-2-7-18(19)13-30)28(32-26)34-12-6-9-20(31)15-34/h2-5,7-8,10-11,17,20H,6,9,12,14-16,31H2,1H3. The van der Waals surface area contributed by atoms with Gasteiger partial charge in [0.2, 0.25) is 5.95 Å². The van der Waals surface area contributed by atoms with Gasteiger partial charge in [-0.3, -0.25) is 23.3 Å². The van der Waals surface area contributed by atoms with Gasteiger partial charge in [0.15, 0.2) is 16.9 Å². The maximum Gasteiger partial charge on any atom is 0.332 e. The minimum atomic E-state index is -0.616. The van der Waals surface area contributed by atoms with Crippen LogP contribution in [-0.4, -0.2) is 43.6 Å². The number of Topliss-reactive ketones (excluding diaryl/α,β-unsaturated/α-hetero) is 1. The first kappa shape index (κ1) is 25.7. The predicted octanol–water partition coefficient (Wildman–Crippen LogP) is 2.84. The quantitative estimate of drug-likeness (QED) is 0.320. The summed E-state index contributed by atoms with van der Waals surface area (Å²) in [5, 5.41) is 12.3. The van der Waals surface area contributed by atoms with E-state index < -0.39 is 17.8 Å². The molecule has 6 rings (SSSR count). The molecule has 0 bridgehead atoms. The lowest BCUT2D eigenvalue weighted by molar-refractivity contribution is 0.0971. The van der Waals surface area contributed by atoms with Crippen molar-refractivity contribution in [3.63, 3.8) is 0 Å². The molecule has 11 heteroatoms. The molecule has 1 aliphatic rings. The van der Waals surface area contributed by atoms with Crippen LogP contribution in [0, 0.1) is 11.3 Å². The van der Waals surface area contributed by atoms with Gasteiger partial charge in [-0.15, -0.1) is 11.3 Å². The zero-order valence-corrected chi connectivity index (χ0v) is 22.7. The van der Waals surface area contributed by atoms with E-state index in [1.165, 1.54) is 15.9 Å². The number of anilines is 1. The van der Waals surface area contributed by atoms with Crippen molar-refractivity contribution in [1.82, 2.24) is 18.7 Å². The van der Waals surface area contributed by atoms with Gasteiger partial charge in [-0.2, -0.15) is 10.2 Å². The van der Waals surface area contributed by atoms with Gasteiger partial charge in [0.05, 0.1) is 24.7 Å². The van der Waals surface area contributed by atoms with Gasteiger partial charge in [-0.25, -0.2) is 4.79 Å². The molecule has 0 spiro atoms. The van der Waals surface area contributed by atoms with Gasteiger partial charge in [-0.05, 0) is 30.5 Å². The third-order valence-corrected chi connectivity index (χ3v) is 8.47. The summed E-state index contributed by atoms with van der Waals surface area (Å²) < 4.78 is 5.01. The van der Waals surface area contributed by atoms with Gasteiger partial charge in [-0.1, -0.05) is 36.4 Å². The molecule has 10 nitrogen and oxygen atoms in total. The van der Waals surface area contributed by atoms with E-state index in [1.807, 2.05) is 41.3 Å². The fourth-order valence-electron chi connectivity index (χ4n) is 5.44. The Kier molecular flexibility index (Phi) is 6.57. The van der Waals surface area contributed by atoms with E-state index in [-0.39, 0.29) is 29.5 Å². The molecule has 0 radical (unpaired) electrons. The highest BCUT2D eigenvalue weighted by Crippen LogP contribution is 2.27. The first-order valence-corrected chi connectivity index (χ1v) is 13.9. The third kappa shape index (κ3) is 4.31. The van der Waals surface area contributed by atoms with Crippen molar-refractivity contribution in [3.05, 3.63) is 91.4 Å². The van der Waals surface area contributed by atoms with Crippen LogP contribution in [0.15, 0.2) is 63.5 Å². The lowest BCUT2D eigenvalue weighted by Gasteiger charge is -2.32. The number of benzene rings is 2. The van der Waals surface area contributed by atoms with Crippen LogP contribution in [0.4, 0.5) is 5.95 Å². The van der Waals surface area contributed by atoms with E-state index in [2.05, 4.69) is 6.07 Å². The molecule has 1 unspecified atom stereocenters. The van der Waals surface area contributed by atoms with Crippen molar-refractivity contribution < 1.29 is 4.79 Å². The number of aromatic nitrogens is 4. The van der Waals surface area contributed by atoms with Gasteiger partial charge >= 0.3 is 5.69 Å². The molecule has 4 heterocycles. The molecule has 3 aromatic heterocycles. The zero-order chi connectivity index (χ0) is 28.0. The number of hydrogen-bond donors (Lipinski definition) is 1. The molecule has 1 aliphatic heterocycles. The molecule has 40 heavy (non-hydrogen) atoms. The number of hydrogen-bond acceptors (Lipinski definition) is 8. The highest BCUT2D eigenvalue weighted by Gasteiger charge is 2.27. The highest BCUT2D eigenvalue weighted by atomic mass is 32.1. The Morgan fingerprint density at radius 1 is 1.15 bits per heavy atom. The van der Waals surface area contributed by atoms with E-state index in [9.17, 15) is 19.6 Å². The van der Waals surface area contributed by atoms with Gasteiger partial charge in [0.1, 0.15) is 0 Å². The second-order valence-corrected chi connectivity index (χ2v) is 11.0. The van der Waals surface area contributed by atoms with Crippen LogP contribution in [-0.2, 0) is 20.1 Å². The van der Waals surface area contributed by atoms with E-state index >= 15 is 0 Å². The first-order valence-electron chi connectivity index (χ1n) is 13.1. The van der Waals surface area contributed by atoms with Crippen LogP contribution in [0.3, 0.4) is 0 Å². The van der Waals surface area contributed by atoms with E-state index in [4.69, 9.17) is 10.7 Å². The summed E-state index contributed by atoms with van der Waals surface area (Å²) in [4.78, 5) is 47.7. The summed E-state index contributed by atoms with van der Waals surface area (Å²) in [6.45, 7) is 1.04. The Morgan fingerprint density at radius 3 is 2.73 bits per heavy atom. The van der Waals surface area contributed by atoms with Crippen LogP contribution in [0.1, 0.15) is 34.3 Å². The topological polar surface area (TPSA) is 132 Å². The number of aryl methyl sites for hydroxylation is 1. The average Bonchev–Trinajstić information content (AvgIpc) is 3.57. The summed E-state index contributed by atoms with van der Waals surface area (Å²) in [6.07, 6.45) is 1.75. The summed E-state index contributed by atoms with van der Waals surface area (Å²) in [5.41, 5.74) is 7.16. The molecule has 5 aromatic rings. The molecule has 1 fully saturated rings. The number of piperidine rings is 1. The lowest BCUT2D eigenvalue weighted by atomic mass is 10.1. The zero-order valence-electron chi connectivity index (χ0n) is 21.9. The minimum absolute atomic E-state index is 0.0491. The van der Waals surface area contributed by atoms with Crippen molar-refractivity contribution in [1.29, 1.82) is 5.26 Å². The number of nitrogens with zero attached hydrogens (tertiary/aromatic N) is 6. The van der Waals surface area contributed by atoms with Crippen molar-refractivity contribution in [2.24, 2.45) is 12.8 Å². The number of nitrogens with two attached hydrogens (primary N) is 1. The number of rotatable bonds is 6. The molecule has 2 N–H and O–H groups in total. The van der Waals surface area contributed by atoms with E-state index in [1.54, 1.807) is 29.1 Å². The highest BCUT2D eigenvalue weighted by molar-refractivity contribution is 7.17. The van der Waals surface area contributed by atoms with Crippen molar-refractivity contribution in [2.45, 2.75) is 32.0 Å². The minimum Gasteiger partial charge on any atom is -0.341 e. The van der Waals surface area contributed by atoms with Crippen LogP contribution >= 0.6 is 11.3 Å². The number of thiophene rings is 1. The Bertz CT molecular complexity index is 1940. The van der Waals surface area contributed by atoms with Gasteiger partial charge < -0.3 is 10.6 Å². The average molecular weight is 554 g/mol. The molecule has 0 aliphatic carbocycles. The number of ketones is 1. The van der Waals surface area contributed by atoms with Crippen LogP contribution in [0.25, 0.3) is 21.3 Å². The molecule has 1 atom stereocenters. The fraction of sp³-hybridized carbons (Fsp3) is 0.276. The van der Waals surface area contributed by atoms with Crippen molar-refractivity contribution >= 4 is 44.3 Å². The smallest absolute Gasteiger partial charge is 0.332 e. The number of nitriles is 1. The normalized spacial score (nSPS) is 15.5. The van der Waals surface area contributed by atoms with E-state index in [0.29, 0.717) is 35.7 Å². The van der Waals surface area contributed by atoms with Gasteiger partial charge in [0.25, 0.3) is 5.56 Å². The Hall–Kier alpha value is -4.53. The molecular weight excluding hydrogens is 526 g/mol. The summed E-state index contributed by atoms with van der Waals surface area (Å²) in [5.74, 6) is 0.192. The maximum absolute atomic E-state index is 14.0. The Morgan fingerprint density at radius 2 is 1.93 bits per heavy atom. The summed E-state index contributed by atoms with van der Waals surface area (Å²) >= 11 is 1.45. The Labute approximate surface area is 233 Å². The van der Waals surface area contributed by atoms with Crippen LogP contribution in [0.2, 0.25) is 0 Å². The van der Waals surface area contributed by atoms with Crippen molar-refractivity contribution in [2.75, 3.05) is 18.0 Å². The summed E-state index contributed by atoms with van der Waals surface area (Å²) in [6, 6.07) is 16.9. The molecule has 0 amide bonds. The second kappa shape index (κ2) is 10.2. The Balaban J connectivity index is 1.53. The SMILES string of the molecule is Cn1c(=O)n(CC(=O)c2csc3ccccc23)c(=O)c2c1nc(N1CCCC(N)C1)n2Cc1ccccc1C#N. The van der Waals surface area contributed by atoms with Crippen molar-refractivity contribution in [3.8, 4) is 6.07 Å².